The smallest absolute Gasteiger partial charge is 0.358 e. The van der Waals surface area contributed by atoms with E-state index < -0.39 is 5.97 Å². The minimum atomic E-state index is -0.443. The van der Waals surface area contributed by atoms with E-state index >= 15 is 0 Å². The van der Waals surface area contributed by atoms with Crippen molar-refractivity contribution in [2.75, 3.05) is 7.11 Å². The van der Waals surface area contributed by atoms with Crippen LogP contribution in [0.1, 0.15) is 10.5 Å². The average molecular weight is 253 g/mol. The van der Waals surface area contributed by atoms with E-state index in [0.29, 0.717) is 11.2 Å². The Bertz CT molecular complexity index is 735. The molecular weight excluding hydrogens is 242 g/mol. The minimum absolute atomic E-state index is 0.306. The normalized spacial score (nSPS) is 10.6. The maximum absolute atomic E-state index is 11.7. The van der Waals surface area contributed by atoms with E-state index in [1.807, 2.05) is 34.9 Å². The third kappa shape index (κ3) is 1.85. The highest BCUT2D eigenvalue weighted by molar-refractivity contribution is 5.95. The van der Waals surface area contributed by atoms with Gasteiger partial charge in [-0.3, -0.25) is 4.98 Å². The summed E-state index contributed by atoms with van der Waals surface area (Å²) in [6.45, 7) is 0. The lowest BCUT2D eigenvalue weighted by Crippen LogP contribution is -2.07. The van der Waals surface area contributed by atoms with Gasteiger partial charge in [0, 0.05) is 24.2 Å². The summed E-state index contributed by atoms with van der Waals surface area (Å²) in [6, 6.07) is 7.50. The van der Waals surface area contributed by atoms with Crippen LogP contribution in [0.4, 0.5) is 0 Å². The summed E-state index contributed by atoms with van der Waals surface area (Å²) >= 11 is 0. The predicted molar refractivity (Wildman–Crippen MR) is 69.8 cm³/mol. The molecule has 3 rings (SSSR count). The van der Waals surface area contributed by atoms with Gasteiger partial charge < -0.3 is 9.14 Å². The first kappa shape index (κ1) is 11.4. The molecule has 3 aromatic heterocycles. The second-order valence-electron chi connectivity index (χ2n) is 3.99. The zero-order chi connectivity index (χ0) is 13.2. The van der Waals surface area contributed by atoms with Crippen molar-refractivity contribution in [1.29, 1.82) is 0 Å². The molecule has 0 unspecified atom stereocenters. The molecule has 0 atom stereocenters. The number of aromatic nitrogens is 3. The van der Waals surface area contributed by atoms with E-state index in [2.05, 4.69) is 9.97 Å². The van der Waals surface area contributed by atoms with Gasteiger partial charge in [-0.15, -0.1) is 0 Å². The molecule has 0 saturated heterocycles. The topological polar surface area (TPSA) is 56.5 Å². The van der Waals surface area contributed by atoms with Crippen molar-refractivity contribution in [2.24, 2.45) is 0 Å². The number of carbonyl (C=O) groups excluding carboxylic acids is 1. The molecule has 0 saturated carbocycles. The molecule has 0 radical (unpaired) electrons. The van der Waals surface area contributed by atoms with Crippen LogP contribution in [0.2, 0.25) is 0 Å². The first-order chi connectivity index (χ1) is 9.31. The van der Waals surface area contributed by atoms with Crippen molar-refractivity contribution < 1.29 is 9.53 Å². The Morgan fingerprint density at radius 2 is 2.16 bits per heavy atom. The monoisotopic (exact) mass is 253 g/mol. The van der Waals surface area contributed by atoms with Crippen molar-refractivity contribution in [3.8, 4) is 11.3 Å². The van der Waals surface area contributed by atoms with E-state index in [-0.39, 0.29) is 0 Å². The minimum Gasteiger partial charge on any atom is -0.464 e. The molecule has 0 N–H and O–H groups in total. The van der Waals surface area contributed by atoms with E-state index in [9.17, 15) is 4.79 Å². The van der Waals surface area contributed by atoms with Gasteiger partial charge in [0.25, 0.3) is 0 Å². The van der Waals surface area contributed by atoms with Crippen LogP contribution < -0.4 is 0 Å². The Morgan fingerprint density at radius 1 is 1.26 bits per heavy atom. The highest BCUT2D eigenvalue weighted by Gasteiger charge is 2.15. The van der Waals surface area contributed by atoms with Crippen LogP contribution in [0.25, 0.3) is 16.8 Å². The Hall–Kier alpha value is -2.69. The van der Waals surface area contributed by atoms with Crippen molar-refractivity contribution in [1.82, 2.24) is 14.4 Å². The average Bonchev–Trinajstić information content (AvgIpc) is 2.95. The second kappa shape index (κ2) is 4.53. The van der Waals surface area contributed by atoms with E-state index in [1.54, 1.807) is 18.6 Å². The van der Waals surface area contributed by atoms with Crippen LogP contribution >= 0.6 is 0 Å². The van der Waals surface area contributed by atoms with Gasteiger partial charge in [-0.05, 0) is 24.3 Å². The summed E-state index contributed by atoms with van der Waals surface area (Å²) < 4.78 is 6.63. The third-order valence-electron chi connectivity index (χ3n) is 2.90. The summed E-state index contributed by atoms with van der Waals surface area (Å²) in [4.78, 5) is 20.0. The zero-order valence-electron chi connectivity index (χ0n) is 10.3. The van der Waals surface area contributed by atoms with E-state index in [4.69, 9.17) is 4.74 Å². The maximum atomic E-state index is 11.7. The number of fused-ring (bicyclic) bond motifs is 1. The number of pyridine rings is 1. The van der Waals surface area contributed by atoms with Gasteiger partial charge in [0.2, 0.25) is 0 Å². The molecule has 0 aliphatic rings. The Labute approximate surface area is 109 Å². The number of hydrogen-bond donors (Lipinski definition) is 0. The lowest BCUT2D eigenvalue weighted by atomic mass is 10.2. The molecular formula is C14H11N3O2. The molecule has 0 amide bonds. The van der Waals surface area contributed by atoms with Gasteiger partial charge in [0.1, 0.15) is 0 Å². The first-order valence-corrected chi connectivity index (χ1v) is 5.76. The second-order valence-corrected chi connectivity index (χ2v) is 3.99. The molecule has 19 heavy (non-hydrogen) atoms. The summed E-state index contributed by atoms with van der Waals surface area (Å²) in [5, 5.41) is 0. The van der Waals surface area contributed by atoms with Gasteiger partial charge in [-0.25, -0.2) is 9.78 Å². The number of esters is 1. The van der Waals surface area contributed by atoms with Gasteiger partial charge in [-0.1, -0.05) is 0 Å². The summed E-state index contributed by atoms with van der Waals surface area (Å²) in [7, 11) is 1.35. The number of methoxy groups -OCH3 is 1. The Balaban J connectivity index is 2.25. The Kier molecular flexibility index (Phi) is 2.72. The van der Waals surface area contributed by atoms with E-state index in [0.717, 1.165) is 11.3 Å². The lowest BCUT2D eigenvalue weighted by molar-refractivity contribution is 0.0596. The fourth-order valence-electron chi connectivity index (χ4n) is 2.02. The van der Waals surface area contributed by atoms with Crippen molar-refractivity contribution >= 4 is 11.5 Å². The first-order valence-electron chi connectivity index (χ1n) is 5.76. The molecule has 0 aliphatic heterocycles. The SMILES string of the molecule is COC(=O)c1ncc(-c2cccnc2)n2cccc12. The van der Waals surface area contributed by atoms with Crippen LogP contribution in [-0.4, -0.2) is 27.4 Å². The molecule has 0 fully saturated rings. The number of rotatable bonds is 2. The van der Waals surface area contributed by atoms with Crippen LogP contribution in [0, 0.1) is 0 Å². The largest absolute Gasteiger partial charge is 0.464 e. The zero-order valence-corrected chi connectivity index (χ0v) is 10.3. The number of nitrogens with zero attached hydrogens (tertiary/aromatic N) is 3. The molecule has 0 aromatic carbocycles. The van der Waals surface area contributed by atoms with Crippen LogP contribution in [0.5, 0.6) is 0 Å². The van der Waals surface area contributed by atoms with Crippen LogP contribution in [-0.2, 0) is 4.74 Å². The van der Waals surface area contributed by atoms with Crippen molar-refractivity contribution in [2.45, 2.75) is 0 Å². The van der Waals surface area contributed by atoms with Gasteiger partial charge in [-0.2, -0.15) is 0 Å². The molecule has 3 aromatic rings. The van der Waals surface area contributed by atoms with Gasteiger partial charge in [0.05, 0.1) is 24.5 Å². The summed E-state index contributed by atoms with van der Waals surface area (Å²) in [5.41, 5.74) is 2.83. The molecule has 5 nitrogen and oxygen atoms in total. The number of ether oxygens (including phenoxy) is 1. The van der Waals surface area contributed by atoms with Crippen LogP contribution in [0.15, 0.2) is 49.1 Å². The van der Waals surface area contributed by atoms with E-state index in [1.165, 1.54) is 7.11 Å². The predicted octanol–water partition coefficient (Wildman–Crippen LogP) is 2.18. The number of hydrogen-bond acceptors (Lipinski definition) is 4. The van der Waals surface area contributed by atoms with Crippen molar-refractivity contribution in [3.05, 3.63) is 54.7 Å². The maximum Gasteiger partial charge on any atom is 0.358 e. The van der Waals surface area contributed by atoms with Crippen LogP contribution in [0.3, 0.4) is 0 Å². The molecule has 0 bridgehead atoms. The third-order valence-corrected chi connectivity index (χ3v) is 2.90. The lowest BCUT2D eigenvalue weighted by Gasteiger charge is -2.08. The fraction of sp³-hybridized carbons (Fsp3) is 0.0714. The molecule has 0 aliphatic carbocycles. The molecule has 0 spiro atoms. The highest BCUT2D eigenvalue weighted by atomic mass is 16.5. The summed E-state index contributed by atoms with van der Waals surface area (Å²) in [6.07, 6.45) is 7.00. The fourth-order valence-corrected chi connectivity index (χ4v) is 2.02. The van der Waals surface area contributed by atoms with Gasteiger partial charge in [0.15, 0.2) is 5.69 Å². The quantitative estimate of drug-likeness (QED) is 0.657. The standard InChI is InChI=1S/C14H11N3O2/c1-19-14(18)13-11-5-3-7-17(11)12(9-16-13)10-4-2-6-15-8-10/h2-9H,1H3. The molecule has 5 heteroatoms. The Morgan fingerprint density at radius 3 is 2.89 bits per heavy atom. The van der Waals surface area contributed by atoms with Gasteiger partial charge >= 0.3 is 5.97 Å². The highest BCUT2D eigenvalue weighted by Crippen LogP contribution is 2.21. The molecule has 3 heterocycles. The molecule has 94 valence electrons. The summed E-state index contributed by atoms with van der Waals surface area (Å²) in [5.74, 6) is -0.443. The van der Waals surface area contributed by atoms with Crippen molar-refractivity contribution in [3.63, 3.8) is 0 Å². The number of carbonyl (C=O) groups is 1.